The van der Waals surface area contributed by atoms with Gasteiger partial charge < -0.3 is 14.5 Å². The first-order valence-corrected chi connectivity index (χ1v) is 12.9. The lowest BCUT2D eigenvalue weighted by Crippen LogP contribution is -2.23. The minimum Gasteiger partial charge on any atom is -0.352 e. The average molecular weight is 495 g/mol. The van der Waals surface area contributed by atoms with Crippen LogP contribution >= 0.6 is 0 Å². The first-order valence-electron chi connectivity index (χ1n) is 11.5. The summed E-state index contributed by atoms with van der Waals surface area (Å²) >= 11 is 0. The molecule has 0 unspecified atom stereocenters. The molecule has 4 aromatic rings. The van der Waals surface area contributed by atoms with Gasteiger partial charge in [0.1, 0.15) is 5.82 Å². The summed E-state index contributed by atoms with van der Waals surface area (Å²) in [4.78, 5) is 21.4. The Labute approximate surface area is 205 Å². The third-order valence-corrected chi connectivity index (χ3v) is 7.72. The van der Waals surface area contributed by atoms with Gasteiger partial charge in [-0.15, -0.1) is 0 Å². The van der Waals surface area contributed by atoms with Crippen molar-refractivity contribution in [2.75, 3.05) is 14.1 Å². The van der Waals surface area contributed by atoms with Gasteiger partial charge in [0.2, 0.25) is 15.9 Å². The molecule has 184 valence electrons. The normalized spacial score (nSPS) is 11.9. The largest absolute Gasteiger partial charge is 0.352 e. The monoisotopic (exact) mass is 494 g/mol. The number of amides is 1. The maximum absolute atomic E-state index is 12.5. The predicted octanol–water partition coefficient (Wildman–Crippen LogP) is 2.80. The van der Waals surface area contributed by atoms with Crippen molar-refractivity contribution in [2.24, 2.45) is 0 Å². The lowest BCUT2D eigenvalue weighted by atomic mass is 10.1. The molecule has 0 saturated heterocycles. The second-order valence-electron chi connectivity index (χ2n) is 8.54. The van der Waals surface area contributed by atoms with Gasteiger partial charge in [-0.1, -0.05) is 24.3 Å². The zero-order valence-corrected chi connectivity index (χ0v) is 21.0. The van der Waals surface area contributed by atoms with Gasteiger partial charge in [0.05, 0.1) is 22.3 Å². The van der Waals surface area contributed by atoms with Crippen molar-refractivity contribution in [3.8, 4) is 0 Å². The molecule has 2 heterocycles. The number of nitrogens with zero attached hydrogens (tertiary/aromatic N) is 5. The van der Waals surface area contributed by atoms with E-state index in [1.807, 2.05) is 34.4 Å². The highest BCUT2D eigenvalue weighted by atomic mass is 32.2. The topological polar surface area (TPSA) is 102 Å². The van der Waals surface area contributed by atoms with E-state index in [1.54, 1.807) is 30.7 Å². The van der Waals surface area contributed by atoms with Crippen LogP contribution in [-0.2, 0) is 40.9 Å². The molecule has 1 N–H and O–H groups in total. The van der Waals surface area contributed by atoms with Crippen LogP contribution < -0.4 is 5.32 Å². The van der Waals surface area contributed by atoms with Gasteiger partial charge in [-0.05, 0) is 36.2 Å². The fraction of sp³-hybridized carbons (Fsp3) is 0.320. The molecule has 0 fully saturated rings. The number of imidazole rings is 2. The van der Waals surface area contributed by atoms with E-state index in [2.05, 4.69) is 27.4 Å². The summed E-state index contributed by atoms with van der Waals surface area (Å²) in [6.45, 7) is 3.90. The molecule has 0 aliphatic carbocycles. The van der Waals surface area contributed by atoms with E-state index in [-0.39, 0.29) is 10.8 Å². The predicted molar refractivity (Wildman–Crippen MR) is 134 cm³/mol. The van der Waals surface area contributed by atoms with Gasteiger partial charge in [-0.3, -0.25) is 4.79 Å². The second-order valence-corrected chi connectivity index (χ2v) is 10.7. The van der Waals surface area contributed by atoms with Crippen LogP contribution in [0, 0.1) is 0 Å². The Bertz CT molecular complexity index is 1410. The van der Waals surface area contributed by atoms with Crippen LogP contribution in [0.15, 0.2) is 66.1 Å². The lowest BCUT2D eigenvalue weighted by Gasteiger charge is -2.11. The summed E-state index contributed by atoms with van der Waals surface area (Å²) in [6.07, 6.45) is 6.22. The molecule has 0 aliphatic heterocycles. The third kappa shape index (κ3) is 5.60. The lowest BCUT2D eigenvalue weighted by molar-refractivity contribution is -0.121. The smallest absolute Gasteiger partial charge is 0.242 e. The Kier molecular flexibility index (Phi) is 7.32. The van der Waals surface area contributed by atoms with Gasteiger partial charge in [-0.2, -0.15) is 0 Å². The highest BCUT2D eigenvalue weighted by molar-refractivity contribution is 7.89. The van der Waals surface area contributed by atoms with Crippen molar-refractivity contribution in [1.82, 2.24) is 28.7 Å². The van der Waals surface area contributed by atoms with Gasteiger partial charge >= 0.3 is 0 Å². The SMILES string of the molecule is CCn1c(CCC(=O)NCc2ccc(Cn3ccnc3)cc2)nc2cc(S(=O)(=O)N(C)C)ccc21. The summed E-state index contributed by atoms with van der Waals surface area (Å²) in [7, 11) is -0.530. The van der Waals surface area contributed by atoms with Crippen molar-refractivity contribution < 1.29 is 13.2 Å². The number of benzene rings is 2. The summed E-state index contributed by atoms with van der Waals surface area (Å²) in [6, 6.07) is 13.1. The van der Waals surface area contributed by atoms with E-state index in [0.29, 0.717) is 31.4 Å². The molecule has 0 atom stereocenters. The summed E-state index contributed by atoms with van der Waals surface area (Å²) in [5.41, 5.74) is 3.67. The maximum Gasteiger partial charge on any atom is 0.242 e. The molecule has 0 spiro atoms. The van der Waals surface area contributed by atoms with Crippen LogP contribution in [-0.4, -0.2) is 51.8 Å². The molecule has 35 heavy (non-hydrogen) atoms. The summed E-state index contributed by atoms with van der Waals surface area (Å²) < 4.78 is 30.1. The van der Waals surface area contributed by atoms with E-state index >= 15 is 0 Å². The van der Waals surface area contributed by atoms with Crippen LogP contribution in [0.5, 0.6) is 0 Å². The number of carbonyl (C=O) groups is 1. The van der Waals surface area contributed by atoms with Crippen molar-refractivity contribution in [1.29, 1.82) is 0 Å². The molecular formula is C25H30N6O3S. The average Bonchev–Trinajstić information content (AvgIpc) is 3.48. The van der Waals surface area contributed by atoms with Gasteiger partial charge in [-0.25, -0.2) is 22.7 Å². The fourth-order valence-corrected chi connectivity index (χ4v) is 4.86. The van der Waals surface area contributed by atoms with Gasteiger partial charge in [0.15, 0.2) is 0 Å². The number of nitrogens with one attached hydrogen (secondary N) is 1. The Morgan fingerprint density at radius 2 is 1.83 bits per heavy atom. The molecule has 2 aromatic heterocycles. The second kappa shape index (κ2) is 10.4. The van der Waals surface area contributed by atoms with Crippen molar-refractivity contribution in [2.45, 2.75) is 44.3 Å². The van der Waals surface area contributed by atoms with E-state index in [9.17, 15) is 13.2 Å². The van der Waals surface area contributed by atoms with E-state index in [1.165, 1.54) is 18.4 Å². The van der Waals surface area contributed by atoms with E-state index in [0.717, 1.165) is 29.0 Å². The number of aryl methyl sites for hydroxylation is 2. The Morgan fingerprint density at radius 1 is 1.09 bits per heavy atom. The molecule has 0 bridgehead atoms. The van der Waals surface area contributed by atoms with Crippen molar-refractivity contribution in [3.05, 3.63) is 78.1 Å². The fourth-order valence-electron chi connectivity index (χ4n) is 3.94. The van der Waals surface area contributed by atoms with E-state index in [4.69, 9.17) is 0 Å². The maximum atomic E-state index is 12.5. The number of fused-ring (bicyclic) bond motifs is 1. The standard InChI is InChI=1S/C25H30N6O3S/c1-4-31-23-10-9-21(35(33,34)29(2)3)15-22(23)28-24(31)11-12-25(32)27-16-19-5-7-20(8-6-19)17-30-14-13-26-18-30/h5-10,13-15,18H,4,11-12,16-17H2,1-3H3,(H,27,32). The highest BCUT2D eigenvalue weighted by Crippen LogP contribution is 2.22. The Hall–Kier alpha value is -3.50. The first kappa shape index (κ1) is 24.6. The molecular weight excluding hydrogens is 464 g/mol. The molecule has 1 amide bonds. The van der Waals surface area contributed by atoms with Crippen molar-refractivity contribution >= 4 is 27.0 Å². The van der Waals surface area contributed by atoms with Crippen LogP contribution in [0.1, 0.15) is 30.3 Å². The number of rotatable bonds is 10. The minimum absolute atomic E-state index is 0.0573. The number of hydrogen-bond acceptors (Lipinski definition) is 5. The molecule has 0 aliphatic rings. The van der Waals surface area contributed by atoms with Gasteiger partial charge in [0, 0.05) is 59.0 Å². The van der Waals surface area contributed by atoms with Crippen molar-refractivity contribution in [3.63, 3.8) is 0 Å². The molecule has 0 radical (unpaired) electrons. The molecule has 2 aromatic carbocycles. The third-order valence-electron chi connectivity index (χ3n) is 5.91. The zero-order valence-electron chi connectivity index (χ0n) is 20.2. The molecule has 10 heteroatoms. The highest BCUT2D eigenvalue weighted by Gasteiger charge is 2.19. The number of sulfonamides is 1. The van der Waals surface area contributed by atoms with Crippen LogP contribution in [0.2, 0.25) is 0 Å². The number of carbonyl (C=O) groups excluding carboxylic acids is 1. The molecule has 9 nitrogen and oxygen atoms in total. The minimum atomic E-state index is -3.54. The van der Waals surface area contributed by atoms with Crippen LogP contribution in [0.4, 0.5) is 0 Å². The van der Waals surface area contributed by atoms with Gasteiger partial charge in [0.25, 0.3) is 0 Å². The zero-order chi connectivity index (χ0) is 25.0. The molecule has 0 saturated carbocycles. The van der Waals surface area contributed by atoms with E-state index < -0.39 is 10.0 Å². The quantitative estimate of drug-likeness (QED) is 0.365. The Balaban J connectivity index is 1.36. The Morgan fingerprint density at radius 3 is 2.49 bits per heavy atom. The number of hydrogen-bond donors (Lipinski definition) is 1. The number of aromatic nitrogens is 4. The summed E-state index contributed by atoms with van der Waals surface area (Å²) in [5.74, 6) is 0.707. The first-order chi connectivity index (χ1) is 16.8. The summed E-state index contributed by atoms with van der Waals surface area (Å²) in [5, 5.41) is 2.97. The molecule has 4 rings (SSSR count). The van der Waals surface area contributed by atoms with Crippen LogP contribution in [0.25, 0.3) is 11.0 Å². The van der Waals surface area contributed by atoms with Crippen LogP contribution in [0.3, 0.4) is 0 Å².